The van der Waals surface area contributed by atoms with Gasteiger partial charge in [-0.2, -0.15) is 0 Å². The highest BCUT2D eigenvalue weighted by Gasteiger charge is 2.29. The van der Waals surface area contributed by atoms with Crippen molar-refractivity contribution in [1.82, 2.24) is 5.32 Å². The van der Waals surface area contributed by atoms with Crippen LogP contribution in [0.1, 0.15) is 53.4 Å². The van der Waals surface area contributed by atoms with Crippen molar-refractivity contribution in [3.8, 4) is 0 Å². The number of hydrogen-bond acceptors (Lipinski definition) is 3. The zero-order valence-corrected chi connectivity index (χ0v) is 11.8. The van der Waals surface area contributed by atoms with Gasteiger partial charge in [0, 0.05) is 19.2 Å². The minimum atomic E-state index is -0.212. The first-order valence-corrected chi connectivity index (χ1v) is 7.04. The maximum absolute atomic E-state index is 10.1. The summed E-state index contributed by atoms with van der Waals surface area (Å²) >= 11 is 0. The van der Waals surface area contributed by atoms with Gasteiger partial charge in [-0.1, -0.05) is 26.7 Å². The topological polar surface area (TPSA) is 41.5 Å². The number of hydrogen-bond donors (Lipinski definition) is 2. The maximum atomic E-state index is 10.1. The Bertz CT molecular complexity index is 214. The number of nitrogens with one attached hydrogen (secondary N) is 1. The Hall–Kier alpha value is -0.120. The molecule has 0 aromatic heterocycles. The Kier molecular flexibility index (Phi) is 5.90. The van der Waals surface area contributed by atoms with Gasteiger partial charge in [0.05, 0.1) is 11.7 Å². The molecule has 1 aliphatic rings. The van der Waals surface area contributed by atoms with Gasteiger partial charge in [0.15, 0.2) is 0 Å². The minimum Gasteiger partial charge on any atom is -0.392 e. The molecule has 3 nitrogen and oxygen atoms in total. The predicted octanol–water partition coefficient (Wildman–Crippen LogP) is 2.33. The molecule has 0 aliphatic carbocycles. The monoisotopic (exact) mass is 243 g/mol. The van der Waals surface area contributed by atoms with Crippen LogP contribution in [0.3, 0.4) is 0 Å². The second-order valence-electron chi connectivity index (χ2n) is 5.85. The zero-order chi connectivity index (χ0) is 12.9. The van der Waals surface area contributed by atoms with Crippen molar-refractivity contribution in [3.63, 3.8) is 0 Å². The maximum Gasteiger partial charge on any atom is 0.0692 e. The highest BCUT2D eigenvalue weighted by Crippen LogP contribution is 2.24. The summed E-state index contributed by atoms with van der Waals surface area (Å²) in [5.41, 5.74) is -0.0181. The summed E-state index contributed by atoms with van der Waals surface area (Å²) in [5.74, 6) is 0.426. The fourth-order valence-electron chi connectivity index (χ4n) is 2.69. The van der Waals surface area contributed by atoms with E-state index in [1.807, 2.05) is 0 Å². The van der Waals surface area contributed by atoms with Crippen LogP contribution in [0, 0.1) is 5.92 Å². The number of aliphatic hydroxyl groups is 1. The Labute approximate surface area is 106 Å². The average Bonchev–Trinajstić information content (AvgIpc) is 2.27. The van der Waals surface area contributed by atoms with Crippen LogP contribution in [0.25, 0.3) is 0 Å². The minimum absolute atomic E-state index is 0.0181. The predicted molar refractivity (Wildman–Crippen MR) is 71.1 cm³/mol. The Morgan fingerprint density at radius 2 is 2.00 bits per heavy atom. The van der Waals surface area contributed by atoms with Crippen LogP contribution in [0.5, 0.6) is 0 Å². The van der Waals surface area contributed by atoms with Gasteiger partial charge in [0.25, 0.3) is 0 Å². The lowest BCUT2D eigenvalue weighted by atomic mass is 9.92. The molecule has 2 unspecified atom stereocenters. The summed E-state index contributed by atoms with van der Waals surface area (Å²) < 4.78 is 5.69. The molecule has 0 bridgehead atoms. The van der Waals surface area contributed by atoms with Crippen molar-refractivity contribution in [2.24, 2.45) is 5.92 Å². The lowest BCUT2D eigenvalue weighted by molar-refractivity contribution is -0.0644. The molecule has 1 saturated heterocycles. The van der Waals surface area contributed by atoms with Crippen molar-refractivity contribution in [3.05, 3.63) is 0 Å². The van der Waals surface area contributed by atoms with Crippen LogP contribution in [-0.2, 0) is 4.74 Å². The molecule has 0 aromatic carbocycles. The van der Waals surface area contributed by atoms with Gasteiger partial charge in [0.1, 0.15) is 0 Å². The van der Waals surface area contributed by atoms with E-state index >= 15 is 0 Å². The van der Waals surface area contributed by atoms with Crippen LogP contribution in [0.15, 0.2) is 0 Å². The second-order valence-corrected chi connectivity index (χ2v) is 5.85. The van der Waals surface area contributed by atoms with Crippen LogP contribution >= 0.6 is 0 Å². The highest BCUT2D eigenvalue weighted by molar-refractivity contribution is 4.84. The van der Waals surface area contributed by atoms with Gasteiger partial charge in [-0.15, -0.1) is 0 Å². The summed E-state index contributed by atoms with van der Waals surface area (Å²) in [4.78, 5) is 0. The smallest absolute Gasteiger partial charge is 0.0692 e. The first-order valence-electron chi connectivity index (χ1n) is 7.04. The van der Waals surface area contributed by atoms with Crippen molar-refractivity contribution in [1.29, 1.82) is 0 Å². The lowest BCUT2D eigenvalue weighted by Gasteiger charge is -2.36. The fraction of sp³-hybridized carbons (Fsp3) is 1.00. The first kappa shape index (κ1) is 14.9. The van der Waals surface area contributed by atoms with Gasteiger partial charge in [-0.25, -0.2) is 0 Å². The molecule has 0 saturated carbocycles. The summed E-state index contributed by atoms with van der Waals surface area (Å²) in [6, 6.07) is 0.489. The van der Waals surface area contributed by atoms with Crippen LogP contribution in [-0.4, -0.2) is 36.0 Å². The molecule has 1 rings (SSSR count). The van der Waals surface area contributed by atoms with Gasteiger partial charge in [-0.3, -0.25) is 0 Å². The van der Waals surface area contributed by atoms with E-state index in [4.69, 9.17) is 4.74 Å². The van der Waals surface area contributed by atoms with E-state index in [-0.39, 0.29) is 11.7 Å². The van der Waals surface area contributed by atoms with Gasteiger partial charge < -0.3 is 15.2 Å². The molecule has 0 spiro atoms. The molecular formula is C14H29NO2. The SMILES string of the molecule is CCC(CC)C(O)CNC1CCOC(C)(C)C1. The Morgan fingerprint density at radius 1 is 1.35 bits per heavy atom. The summed E-state index contributed by atoms with van der Waals surface area (Å²) in [5, 5.41) is 13.6. The van der Waals surface area contributed by atoms with Crippen LogP contribution < -0.4 is 5.32 Å². The highest BCUT2D eigenvalue weighted by atomic mass is 16.5. The molecule has 0 radical (unpaired) electrons. The molecule has 0 aromatic rings. The molecule has 2 N–H and O–H groups in total. The number of rotatable bonds is 6. The van der Waals surface area contributed by atoms with Crippen molar-refractivity contribution in [2.75, 3.05) is 13.2 Å². The summed E-state index contributed by atoms with van der Waals surface area (Å²) in [6.07, 6.45) is 3.98. The van der Waals surface area contributed by atoms with Gasteiger partial charge in [0.2, 0.25) is 0 Å². The van der Waals surface area contributed by atoms with E-state index in [1.165, 1.54) is 0 Å². The van der Waals surface area contributed by atoms with E-state index in [0.29, 0.717) is 18.5 Å². The molecule has 2 atom stereocenters. The Morgan fingerprint density at radius 3 is 2.53 bits per heavy atom. The first-order chi connectivity index (χ1) is 7.98. The third-order valence-corrected chi connectivity index (χ3v) is 3.91. The van der Waals surface area contributed by atoms with Gasteiger partial charge >= 0.3 is 0 Å². The van der Waals surface area contributed by atoms with E-state index < -0.39 is 0 Å². The second kappa shape index (κ2) is 6.72. The van der Waals surface area contributed by atoms with E-state index in [9.17, 15) is 5.11 Å². The fourth-order valence-corrected chi connectivity index (χ4v) is 2.69. The third kappa shape index (κ3) is 4.94. The van der Waals surface area contributed by atoms with Crippen LogP contribution in [0.4, 0.5) is 0 Å². The molecule has 1 heterocycles. The van der Waals surface area contributed by atoms with Gasteiger partial charge in [-0.05, 0) is 32.6 Å². The molecule has 17 heavy (non-hydrogen) atoms. The largest absolute Gasteiger partial charge is 0.392 e. The zero-order valence-electron chi connectivity index (χ0n) is 11.8. The van der Waals surface area contributed by atoms with E-state index in [2.05, 4.69) is 33.0 Å². The van der Waals surface area contributed by atoms with E-state index in [1.54, 1.807) is 0 Å². The summed E-state index contributed by atoms with van der Waals surface area (Å²) in [6.45, 7) is 10.1. The molecular weight excluding hydrogens is 214 g/mol. The van der Waals surface area contributed by atoms with Crippen molar-refractivity contribution < 1.29 is 9.84 Å². The molecule has 3 heteroatoms. The Balaban J connectivity index is 2.30. The quantitative estimate of drug-likeness (QED) is 0.752. The average molecular weight is 243 g/mol. The van der Waals surface area contributed by atoms with Crippen molar-refractivity contribution >= 4 is 0 Å². The van der Waals surface area contributed by atoms with E-state index in [0.717, 1.165) is 32.3 Å². The lowest BCUT2D eigenvalue weighted by Crippen LogP contribution is -2.46. The molecule has 1 aliphatic heterocycles. The summed E-state index contributed by atoms with van der Waals surface area (Å²) in [7, 11) is 0. The normalized spacial score (nSPS) is 26.1. The van der Waals surface area contributed by atoms with Crippen LogP contribution in [0.2, 0.25) is 0 Å². The number of aliphatic hydroxyl groups excluding tert-OH is 1. The molecule has 1 fully saturated rings. The number of ether oxygens (including phenoxy) is 1. The molecule has 0 amide bonds. The van der Waals surface area contributed by atoms with Crippen molar-refractivity contribution in [2.45, 2.75) is 71.1 Å². The standard InChI is InChI=1S/C14H29NO2/c1-5-11(6-2)13(16)10-15-12-7-8-17-14(3,4)9-12/h11-13,15-16H,5-10H2,1-4H3. The molecule has 102 valence electrons. The third-order valence-electron chi connectivity index (χ3n) is 3.91.